The third kappa shape index (κ3) is 4.00. The molecule has 1 aromatic carbocycles. The van der Waals surface area contributed by atoms with E-state index in [0.717, 1.165) is 27.5 Å². The molecule has 0 saturated carbocycles. The monoisotopic (exact) mass is 426 g/mol. The average molecular weight is 427 g/mol. The van der Waals surface area contributed by atoms with Crippen LogP contribution in [0.2, 0.25) is 0 Å². The van der Waals surface area contributed by atoms with Crippen LogP contribution in [0.1, 0.15) is 18.4 Å². The third-order valence-corrected chi connectivity index (χ3v) is 5.84. The van der Waals surface area contributed by atoms with E-state index in [1.54, 1.807) is 12.0 Å². The fourth-order valence-electron chi connectivity index (χ4n) is 3.24. The van der Waals surface area contributed by atoms with Gasteiger partial charge in [-0.25, -0.2) is 0 Å². The van der Waals surface area contributed by atoms with E-state index in [0.29, 0.717) is 32.4 Å². The average Bonchev–Trinajstić information content (AvgIpc) is 3.19. The summed E-state index contributed by atoms with van der Waals surface area (Å²) in [6, 6.07) is 5.55. The van der Waals surface area contributed by atoms with Crippen LogP contribution in [0, 0.1) is 0 Å². The summed E-state index contributed by atoms with van der Waals surface area (Å²) in [5.74, 6) is 0.872. The van der Waals surface area contributed by atoms with Gasteiger partial charge in [0.15, 0.2) is 0 Å². The molecule has 3 rings (SSSR count). The molecule has 0 aliphatic carbocycles. The second-order valence-electron chi connectivity index (χ2n) is 6.06. The van der Waals surface area contributed by atoms with Crippen LogP contribution < -0.4 is 4.74 Å². The fraction of sp³-hybridized carbons (Fsp3) is 0.471. The number of methoxy groups -OCH3 is 1. The predicted octanol–water partition coefficient (Wildman–Crippen LogP) is 2.69. The van der Waals surface area contributed by atoms with Gasteiger partial charge in [-0.15, -0.1) is 0 Å². The molecule has 6 nitrogen and oxygen atoms in total. The Hall–Kier alpha value is -1.54. The minimum Gasteiger partial charge on any atom is -0.496 e. The Morgan fingerprint density at radius 3 is 2.88 bits per heavy atom. The van der Waals surface area contributed by atoms with E-state index in [2.05, 4.69) is 15.9 Å². The Morgan fingerprint density at radius 1 is 1.40 bits per heavy atom. The van der Waals surface area contributed by atoms with Crippen LogP contribution in [0.3, 0.4) is 0 Å². The number of imide groups is 1. The van der Waals surface area contributed by atoms with Crippen LogP contribution in [-0.4, -0.2) is 58.8 Å². The number of aryl methyl sites for hydroxylation is 1. The van der Waals surface area contributed by atoms with E-state index in [9.17, 15) is 14.4 Å². The molecule has 8 heteroatoms. The van der Waals surface area contributed by atoms with Crippen LogP contribution in [0.4, 0.5) is 4.79 Å². The zero-order valence-corrected chi connectivity index (χ0v) is 16.3. The van der Waals surface area contributed by atoms with E-state index in [1.807, 2.05) is 18.2 Å². The minimum atomic E-state index is -0.192. The zero-order chi connectivity index (χ0) is 18.0. The van der Waals surface area contributed by atoms with Gasteiger partial charge in [-0.05, 0) is 36.6 Å². The SMILES string of the molecule is COc1ccc(Br)cc1CCC(=O)N1CC[C@@H](N2C(=O)CSC2=O)C1. The molecule has 2 saturated heterocycles. The Bertz CT molecular complexity index is 696. The van der Waals surface area contributed by atoms with Gasteiger partial charge in [0.05, 0.1) is 18.9 Å². The normalized spacial score (nSPS) is 20.5. The lowest BCUT2D eigenvalue weighted by molar-refractivity contribution is -0.131. The van der Waals surface area contributed by atoms with E-state index < -0.39 is 0 Å². The quantitative estimate of drug-likeness (QED) is 0.723. The third-order valence-electron chi connectivity index (χ3n) is 4.52. The van der Waals surface area contributed by atoms with Crippen molar-refractivity contribution in [2.24, 2.45) is 0 Å². The zero-order valence-electron chi connectivity index (χ0n) is 13.9. The summed E-state index contributed by atoms with van der Waals surface area (Å²) in [7, 11) is 1.61. The van der Waals surface area contributed by atoms with Crippen LogP contribution in [-0.2, 0) is 16.0 Å². The highest BCUT2D eigenvalue weighted by Gasteiger charge is 2.40. The molecule has 0 unspecified atom stereocenters. The number of ether oxygens (including phenoxy) is 1. The molecule has 0 bridgehead atoms. The van der Waals surface area contributed by atoms with Gasteiger partial charge < -0.3 is 9.64 Å². The lowest BCUT2D eigenvalue weighted by Crippen LogP contribution is -2.41. The number of thioether (sulfide) groups is 1. The maximum atomic E-state index is 12.5. The summed E-state index contributed by atoms with van der Waals surface area (Å²) in [4.78, 5) is 39.2. The minimum absolute atomic E-state index is 0.0382. The highest BCUT2D eigenvalue weighted by molar-refractivity contribution is 9.10. The number of likely N-dealkylation sites (tertiary alicyclic amines) is 1. The topological polar surface area (TPSA) is 66.9 Å². The van der Waals surface area contributed by atoms with Crippen molar-refractivity contribution in [2.45, 2.75) is 25.3 Å². The van der Waals surface area contributed by atoms with Crippen LogP contribution in [0.25, 0.3) is 0 Å². The van der Waals surface area contributed by atoms with Gasteiger partial charge in [-0.3, -0.25) is 19.3 Å². The standard InChI is InChI=1S/C17H19BrN2O4S/c1-24-14-4-3-12(18)8-11(14)2-5-15(21)19-7-6-13(9-19)20-16(22)10-25-17(20)23/h3-4,8,13H,2,5-7,9-10H2,1H3/t13-/m1/s1. The second kappa shape index (κ2) is 7.78. The lowest BCUT2D eigenvalue weighted by atomic mass is 10.1. The maximum Gasteiger partial charge on any atom is 0.289 e. The molecule has 0 spiro atoms. The van der Waals surface area contributed by atoms with E-state index in [1.165, 1.54) is 4.90 Å². The molecule has 1 atom stereocenters. The van der Waals surface area contributed by atoms with E-state index in [4.69, 9.17) is 4.74 Å². The molecule has 134 valence electrons. The maximum absolute atomic E-state index is 12.5. The Balaban J connectivity index is 1.57. The first-order chi connectivity index (χ1) is 12.0. The van der Waals surface area contributed by atoms with Crippen LogP contribution in [0.15, 0.2) is 22.7 Å². The van der Waals surface area contributed by atoms with Crippen molar-refractivity contribution >= 4 is 44.7 Å². The molecular weight excluding hydrogens is 408 g/mol. The molecule has 2 aliphatic heterocycles. The highest BCUT2D eigenvalue weighted by Crippen LogP contribution is 2.27. The Morgan fingerprint density at radius 2 is 2.20 bits per heavy atom. The number of hydrogen-bond acceptors (Lipinski definition) is 5. The number of rotatable bonds is 5. The number of benzene rings is 1. The number of nitrogens with zero attached hydrogens (tertiary/aromatic N) is 2. The molecule has 2 heterocycles. The molecule has 2 aliphatic rings. The largest absolute Gasteiger partial charge is 0.496 e. The van der Waals surface area contributed by atoms with Crippen LogP contribution >= 0.6 is 27.7 Å². The van der Waals surface area contributed by atoms with Crippen molar-refractivity contribution in [3.63, 3.8) is 0 Å². The van der Waals surface area contributed by atoms with Gasteiger partial charge in [0.2, 0.25) is 11.8 Å². The fourth-order valence-corrected chi connectivity index (χ4v) is 4.42. The van der Waals surface area contributed by atoms with Gasteiger partial charge in [-0.2, -0.15) is 0 Å². The summed E-state index contributed by atoms with van der Waals surface area (Å²) >= 11 is 4.47. The number of amides is 3. The Kier molecular flexibility index (Phi) is 5.68. The van der Waals surface area contributed by atoms with Crippen molar-refractivity contribution in [1.82, 2.24) is 9.80 Å². The van der Waals surface area contributed by atoms with Crippen molar-refractivity contribution in [2.75, 3.05) is 26.0 Å². The van der Waals surface area contributed by atoms with Gasteiger partial charge in [-0.1, -0.05) is 27.7 Å². The molecule has 3 amide bonds. The van der Waals surface area contributed by atoms with Crippen LogP contribution in [0.5, 0.6) is 5.75 Å². The summed E-state index contributed by atoms with van der Waals surface area (Å²) in [6.07, 6.45) is 1.61. The van der Waals surface area contributed by atoms with E-state index >= 15 is 0 Å². The summed E-state index contributed by atoms with van der Waals surface area (Å²) in [6.45, 7) is 1.02. The second-order valence-corrected chi connectivity index (χ2v) is 7.90. The Labute approximate surface area is 159 Å². The van der Waals surface area contributed by atoms with Gasteiger partial charge in [0, 0.05) is 24.0 Å². The summed E-state index contributed by atoms with van der Waals surface area (Å²) in [5, 5.41) is -0.192. The van der Waals surface area contributed by atoms with E-state index in [-0.39, 0.29) is 28.8 Å². The smallest absolute Gasteiger partial charge is 0.289 e. The van der Waals surface area contributed by atoms with Crippen molar-refractivity contribution in [3.05, 3.63) is 28.2 Å². The van der Waals surface area contributed by atoms with Gasteiger partial charge >= 0.3 is 0 Å². The van der Waals surface area contributed by atoms with Gasteiger partial charge in [0.1, 0.15) is 5.75 Å². The van der Waals surface area contributed by atoms with Gasteiger partial charge in [0.25, 0.3) is 5.24 Å². The van der Waals surface area contributed by atoms with Crippen molar-refractivity contribution in [1.29, 1.82) is 0 Å². The summed E-state index contributed by atoms with van der Waals surface area (Å²) < 4.78 is 6.28. The molecule has 2 fully saturated rings. The first-order valence-electron chi connectivity index (χ1n) is 8.08. The van der Waals surface area contributed by atoms with Crippen molar-refractivity contribution < 1.29 is 19.1 Å². The van der Waals surface area contributed by atoms with Crippen molar-refractivity contribution in [3.8, 4) is 5.75 Å². The molecule has 0 aromatic heterocycles. The number of carbonyl (C=O) groups is 3. The number of halogens is 1. The first-order valence-corrected chi connectivity index (χ1v) is 9.86. The number of carbonyl (C=O) groups excluding carboxylic acids is 3. The molecule has 25 heavy (non-hydrogen) atoms. The number of hydrogen-bond donors (Lipinski definition) is 0. The lowest BCUT2D eigenvalue weighted by Gasteiger charge is -2.22. The predicted molar refractivity (Wildman–Crippen MR) is 98.7 cm³/mol. The molecule has 0 radical (unpaired) electrons. The summed E-state index contributed by atoms with van der Waals surface area (Å²) in [5.41, 5.74) is 0.974. The molecule has 0 N–H and O–H groups in total. The molecule has 1 aromatic rings. The first kappa shape index (κ1) is 18.3. The molecular formula is C17H19BrN2O4S. The highest BCUT2D eigenvalue weighted by atomic mass is 79.9.